The molecule has 2 N–H and O–H groups in total. The molecular formula is C17H22ClF2IN4O2. The van der Waals surface area contributed by atoms with E-state index in [9.17, 15) is 8.78 Å². The van der Waals surface area contributed by atoms with Gasteiger partial charge in [-0.15, -0.1) is 24.0 Å². The van der Waals surface area contributed by atoms with E-state index in [0.29, 0.717) is 35.4 Å². The van der Waals surface area contributed by atoms with Crippen molar-refractivity contribution < 1.29 is 18.0 Å². The minimum atomic E-state index is -2.91. The van der Waals surface area contributed by atoms with Gasteiger partial charge in [-0.3, -0.25) is 0 Å². The molecule has 1 heterocycles. The van der Waals surface area contributed by atoms with E-state index in [0.717, 1.165) is 12.1 Å². The average molecular weight is 515 g/mol. The van der Waals surface area contributed by atoms with E-state index >= 15 is 0 Å². The number of benzene rings is 1. The van der Waals surface area contributed by atoms with Gasteiger partial charge in [-0.05, 0) is 31.5 Å². The number of alkyl halides is 2. The minimum absolute atomic E-state index is 0. The second kappa shape index (κ2) is 12.0. The Kier molecular flexibility index (Phi) is 10.4. The molecule has 1 aromatic heterocycles. The SMILES string of the molecule is CCNC(=NCc1cc(Cl)ccc1OC(F)F)NCc1cc(CC)no1.I. The maximum atomic E-state index is 12.5. The van der Waals surface area contributed by atoms with Crippen molar-refractivity contribution in [2.45, 2.75) is 40.0 Å². The quantitative estimate of drug-likeness (QED) is 0.311. The summed E-state index contributed by atoms with van der Waals surface area (Å²) >= 11 is 5.94. The summed E-state index contributed by atoms with van der Waals surface area (Å²) in [6.45, 7) is 2.15. The van der Waals surface area contributed by atoms with Crippen LogP contribution in [0.5, 0.6) is 5.75 Å². The van der Waals surface area contributed by atoms with Gasteiger partial charge >= 0.3 is 6.61 Å². The number of ether oxygens (including phenoxy) is 1. The monoisotopic (exact) mass is 514 g/mol. The first kappa shape index (κ1) is 23.4. The van der Waals surface area contributed by atoms with Gasteiger partial charge in [0.1, 0.15) is 5.75 Å². The lowest BCUT2D eigenvalue weighted by Gasteiger charge is -2.12. The highest BCUT2D eigenvalue weighted by Crippen LogP contribution is 2.25. The molecule has 10 heteroatoms. The van der Waals surface area contributed by atoms with E-state index in [1.165, 1.54) is 12.1 Å². The van der Waals surface area contributed by atoms with Gasteiger partial charge in [-0.25, -0.2) is 4.99 Å². The van der Waals surface area contributed by atoms with Crippen LogP contribution in [0.1, 0.15) is 30.9 Å². The molecule has 1 aromatic carbocycles. The smallest absolute Gasteiger partial charge is 0.387 e. The van der Waals surface area contributed by atoms with Gasteiger partial charge in [0.05, 0.1) is 18.8 Å². The summed E-state index contributed by atoms with van der Waals surface area (Å²) in [5.41, 5.74) is 1.33. The Hall–Kier alpha value is -1.62. The Morgan fingerprint density at radius 3 is 2.70 bits per heavy atom. The molecule has 0 fully saturated rings. The van der Waals surface area contributed by atoms with E-state index in [1.807, 2.05) is 19.9 Å². The van der Waals surface area contributed by atoms with Crippen LogP contribution >= 0.6 is 35.6 Å². The highest BCUT2D eigenvalue weighted by atomic mass is 127. The van der Waals surface area contributed by atoms with Gasteiger partial charge in [0, 0.05) is 23.2 Å². The van der Waals surface area contributed by atoms with Crippen LogP contribution in [0.25, 0.3) is 0 Å². The van der Waals surface area contributed by atoms with Crippen LogP contribution in [0.15, 0.2) is 33.8 Å². The molecule has 0 aliphatic heterocycles. The van der Waals surface area contributed by atoms with Gasteiger partial charge in [-0.2, -0.15) is 8.78 Å². The molecule has 2 rings (SSSR count). The number of nitrogens with one attached hydrogen (secondary N) is 2. The predicted octanol–water partition coefficient (Wildman–Crippen LogP) is 4.37. The highest BCUT2D eigenvalue weighted by molar-refractivity contribution is 14.0. The number of hydrogen-bond donors (Lipinski definition) is 2. The molecule has 0 amide bonds. The van der Waals surface area contributed by atoms with Crippen LogP contribution in [-0.2, 0) is 19.5 Å². The summed E-state index contributed by atoms with van der Waals surface area (Å²) in [5, 5.41) is 10.5. The molecule has 0 saturated carbocycles. The number of rotatable bonds is 8. The maximum absolute atomic E-state index is 12.5. The lowest BCUT2D eigenvalue weighted by atomic mass is 10.2. The molecular weight excluding hydrogens is 493 g/mol. The zero-order valence-electron chi connectivity index (χ0n) is 15.0. The number of aryl methyl sites for hydroxylation is 1. The molecule has 0 unspecified atom stereocenters. The van der Waals surface area contributed by atoms with Crippen LogP contribution in [0, 0.1) is 0 Å². The number of guanidine groups is 1. The molecule has 150 valence electrons. The van der Waals surface area contributed by atoms with Crippen LogP contribution in [-0.4, -0.2) is 24.3 Å². The lowest BCUT2D eigenvalue weighted by molar-refractivity contribution is -0.0504. The van der Waals surface area contributed by atoms with Crippen molar-refractivity contribution in [3.63, 3.8) is 0 Å². The van der Waals surface area contributed by atoms with Crippen molar-refractivity contribution in [3.05, 3.63) is 46.3 Å². The second-order valence-electron chi connectivity index (χ2n) is 5.32. The Balaban J connectivity index is 0.00000364. The van der Waals surface area contributed by atoms with Crippen LogP contribution in [0.2, 0.25) is 5.02 Å². The van der Waals surface area contributed by atoms with E-state index in [-0.39, 0.29) is 36.3 Å². The lowest BCUT2D eigenvalue weighted by Crippen LogP contribution is -2.36. The summed E-state index contributed by atoms with van der Waals surface area (Å²) in [4.78, 5) is 4.38. The number of aliphatic imine (C=N–C) groups is 1. The summed E-state index contributed by atoms with van der Waals surface area (Å²) in [6.07, 6.45) is 0.791. The second-order valence-corrected chi connectivity index (χ2v) is 5.75. The molecule has 6 nitrogen and oxygen atoms in total. The predicted molar refractivity (Wildman–Crippen MR) is 111 cm³/mol. The summed E-state index contributed by atoms with van der Waals surface area (Å²) < 4.78 is 34.8. The molecule has 0 aliphatic rings. The molecule has 2 aromatic rings. The third-order valence-electron chi connectivity index (χ3n) is 3.39. The zero-order valence-corrected chi connectivity index (χ0v) is 18.1. The third kappa shape index (κ3) is 7.87. The van der Waals surface area contributed by atoms with Crippen LogP contribution in [0.3, 0.4) is 0 Å². The van der Waals surface area contributed by atoms with E-state index < -0.39 is 6.61 Å². The summed E-state index contributed by atoms with van der Waals surface area (Å²) in [7, 11) is 0. The van der Waals surface area contributed by atoms with Crippen molar-refractivity contribution in [3.8, 4) is 5.75 Å². The van der Waals surface area contributed by atoms with Gasteiger partial charge < -0.3 is 19.9 Å². The first-order chi connectivity index (χ1) is 12.5. The van der Waals surface area contributed by atoms with E-state index in [1.54, 1.807) is 6.07 Å². The van der Waals surface area contributed by atoms with Crippen molar-refractivity contribution >= 4 is 41.5 Å². The standard InChI is InChI=1S/C17H21ClF2N4O2.HI/c1-3-13-8-14(26-24-13)10-23-17(21-4-2)22-9-11-7-12(18)5-6-15(11)25-16(19)20;/h5-8,16H,3-4,9-10H2,1-2H3,(H2,21,22,23);1H. The molecule has 0 radical (unpaired) electrons. The fourth-order valence-electron chi connectivity index (χ4n) is 2.17. The van der Waals surface area contributed by atoms with Gasteiger partial charge in [0.15, 0.2) is 11.7 Å². The third-order valence-corrected chi connectivity index (χ3v) is 3.63. The first-order valence-electron chi connectivity index (χ1n) is 8.21. The molecule has 0 bridgehead atoms. The Morgan fingerprint density at radius 1 is 1.30 bits per heavy atom. The molecule has 27 heavy (non-hydrogen) atoms. The minimum Gasteiger partial charge on any atom is -0.434 e. The molecule has 0 saturated heterocycles. The Labute approximate surface area is 178 Å². The van der Waals surface area contributed by atoms with Crippen molar-refractivity contribution in [2.75, 3.05) is 6.54 Å². The Morgan fingerprint density at radius 2 is 2.07 bits per heavy atom. The molecule has 0 spiro atoms. The van der Waals surface area contributed by atoms with Gasteiger partial charge in [0.25, 0.3) is 0 Å². The normalized spacial score (nSPS) is 11.3. The summed E-state index contributed by atoms with van der Waals surface area (Å²) in [6, 6.07) is 6.31. The number of halogens is 4. The molecule has 0 aliphatic carbocycles. The van der Waals surface area contributed by atoms with Crippen molar-refractivity contribution in [2.24, 2.45) is 4.99 Å². The number of aromatic nitrogens is 1. The number of hydrogen-bond acceptors (Lipinski definition) is 4. The fourth-order valence-corrected chi connectivity index (χ4v) is 2.36. The van der Waals surface area contributed by atoms with Crippen LogP contribution in [0.4, 0.5) is 8.78 Å². The van der Waals surface area contributed by atoms with Crippen molar-refractivity contribution in [1.82, 2.24) is 15.8 Å². The fraction of sp³-hybridized carbons (Fsp3) is 0.412. The highest BCUT2D eigenvalue weighted by Gasteiger charge is 2.11. The first-order valence-corrected chi connectivity index (χ1v) is 8.59. The summed E-state index contributed by atoms with van der Waals surface area (Å²) in [5.74, 6) is 1.23. The van der Waals surface area contributed by atoms with Crippen molar-refractivity contribution in [1.29, 1.82) is 0 Å². The van der Waals surface area contributed by atoms with Gasteiger partial charge in [-0.1, -0.05) is 23.7 Å². The average Bonchev–Trinajstić information content (AvgIpc) is 3.07. The van der Waals surface area contributed by atoms with E-state index in [4.69, 9.17) is 16.1 Å². The number of nitrogens with zero attached hydrogens (tertiary/aromatic N) is 2. The van der Waals surface area contributed by atoms with Crippen LogP contribution < -0.4 is 15.4 Å². The Bertz CT molecular complexity index is 743. The molecule has 0 atom stereocenters. The van der Waals surface area contributed by atoms with E-state index in [2.05, 4.69) is 25.5 Å². The zero-order chi connectivity index (χ0) is 18.9. The largest absolute Gasteiger partial charge is 0.434 e. The van der Waals surface area contributed by atoms with Gasteiger partial charge in [0.2, 0.25) is 0 Å². The topological polar surface area (TPSA) is 71.7 Å². The maximum Gasteiger partial charge on any atom is 0.387 e.